The van der Waals surface area contributed by atoms with Crippen molar-refractivity contribution >= 4 is 5.97 Å². The van der Waals surface area contributed by atoms with E-state index in [0.29, 0.717) is 5.56 Å². The zero-order valence-corrected chi connectivity index (χ0v) is 10.2. The largest absolute Gasteiger partial charge is 0.465 e. The van der Waals surface area contributed by atoms with E-state index in [4.69, 9.17) is 0 Å². The molecule has 0 spiro atoms. The maximum Gasteiger partial charge on any atom is 0.345 e. The molecule has 0 aliphatic rings. The Morgan fingerprint density at radius 1 is 1.47 bits per heavy atom. The average Bonchev–Trinajstić information content (AvgIpc) is 2.40. The second-order valence-corrected chi connectivity index (χ2v) is 3.86. The predicted molar refractivity (Wildman–Crippen MR) is 65.3 cm³/mol. The van der Waals surface area contributed by atoms with Crippen LogP contribution in [-0.2, 0) is 11.3 Å². The summed E-state index contributed by atoms with van der Waals surface area (Å²) in [6.07, 6.45) is 2.44. The Hall–Kier alpha value is -2.50. The fraction of sp³-hybridized carbons (Fsp3) is 0.154. The number of esters is 1. The molecule has 0 radical (unpaired) electrons. The molecule has 0 aliphatic heterocycles. The molecule has 0 N–H and O–H groups in total. The van der Waals surface area contributed by atoms with Gasteiger partial charge in [0.2, 0.25) is 0 Å². The van der Waals surface area contributed by atoms with Crippen molar-refractivity contribution in [1.29, 1.82) is 0 Å². The Kier molecular flexibility index (Phi) is 3.70. The number of methoxy groups -OCH3 is 1. The van der Waals surface area contributed by atoms with Crippen molar-refractivity contribution in [1.82, 2.24) is 9.55 Å². The molecule has 0 amide bonds. The molecule has 5 nitrogen and oxygen atoms in total. The molecule has 0 aliphatic carbocycles. The number of ether oxygens (including phenoxy) is 1. The van der Waals surface area contributed by atoms with E-state index in [-0.39, 0.29) is 17.9 Å². The van der Waals surface area contributed by atoms with Gasteiger partial charge in [-0.1, -0.05) is 12.1 Å². The third kappa shape index (κ3) is 2.85. The summed E-state index contributed by atoms with van der Waals surface area (Å²) in [6, 6.07) is 5.86. The molecule has 0 saturated heterocycles. The van der Waals surface area contributed by atoms with E-state index in [9.17, 15) is 14.0 Å². The van der Waals surface area contributed by atoms with Crippen molar-refractivity contribution in [2.45, 2.75) is 6.54 Å². The molecule has 19 heavy (non-hydrogen) atoms. The smallest absolute Gasteiger partial charge is 0.345 e. The van der Waals surface area contributed by atoms with Crippen molar-refractivity contribution in [2.24, 2.45) is 0 Å². The Balaban J connectivity index is 2.36. The Morgan fingerprint density at radius 2 is 2.26 bits per heavy atom. The first-order valence-corrected chi connectivity index (χ1v) is 5.49. The van der Waals surface area contributed by atoms with Crippen LogP contribution in [-0.4, -0.2) is 22.6 Å². The highest BCUT2D eigenvalue weighted by molar-refractivity contribution is 5.88. The second kappa shape index (κ2) is 5.43. The van der Waals surface area contributed by atoms with E-state index in [1.807, 2.05) is 0 Å². The van der Waals surface area contributed by atoms with E-state index >= 15 is 0 Å². The van der Waals surface area contributed by atoms with Crippen molar-refractivity contribution < 1.29 is 13.9 Å². The van der Waals surface area contributed by atoms with E-state index in [1.165, 1.54) is 30.1 Å². The molecule has 0 saturated carbocycles. The van der Waals surface area contributed by atoms with Crippen LogP contribution in [0.5, 0.6) is 0 Å². The first-order chi connectivity index (χ1) is 9.11. The number of nitrogens with zero attached hydrogens (tertiary/aromatic N) is 2. The highest BCUT2D eigenvalue weighted by atomic mass is 19.1. The zero-order valence-electron chi connectivity index (χ0n) is 10.2. The molecular formula is C13H11FN2O3. The molecule has 0 atom stereocenters. The maximum atomic E-state index is 13.1. The van der Waals surface area contributed by atoms with Gasteiger partial charge in [-0.15, -0.1) is 0 Å². The molecule has 1 heterocycles. The van der Waals surface area contributed by atoms with Crippen LogP contribution in [0.3, 0.4) is 0 Å². The highest BCUT2D eigenvalue weighted by Crippen LogP contribution is 2.04. The van der Waals surface area contributed by atoms with Gasteiger partial charge in [-0.2, -0.15) is 0 Å². The Labute approximate surface area is 108 Å². The monoisotopic (exact) mass is 262 g/mol. The van der Waals surface area contributed by atoms with E-state index in [2.05, 4.69) is 9.72 Å². The fourth-order valence-electron chi connectivity index (χ4n) is 1.65. The van der Waals surface area contributed by atoms with Crippen LogP contribution in [0.15, 0.2) is 41.6 Å². The van der Waals surface area contributed by atoms with Crippen LogP contribution >= 0.6 is 0 Å². The Bertz CT molecular complexity index is 667. The third-order valence-electron chi connectivity index (χ3n) is 2.55. The van der Waals surface area contributed by atoms with Crippen molar-refractivity contribution in [3.63, 3.8) is 0 Å². The quantitative estimate of drug-likeness (QED) is 0.780. The molecule has 0 fully saturated rings. The van der Waals surface area contributed by atoms with Crippen LogP contribution in [0.25, 0.3) is 0 Å². The zero-order chi connectivity index (χ0) is 13.8. The van der Waals surface area contributed by atoms with Crippen LogP contribution in [0.2, 0.25) is 0 Å². The third-order valence-corrected chi connectivity index (χ3v) is 2.55. The first-order valence-electron chi connectivity index (χ1n) is 5.49. The molecule has 0 unspecified atom stereocenters. The second-order valence-electron chi connectivity index (χ2n) is 3.86. The lowest BCUT2D eigenvalue weighted by atomic mass is 10.2. The molecule has 2 rings (SSSR count). The number of carbonyl (C=O) groups excluding carboxylic acids is 1. The van der Waals surface area contributed by atoms with Gasteiger partial charge in [0.05, 0.1) is 20.0 Å². The van der Waals surface area contributed by atoms with E-state index < -0.39 is 11.5 Å². The van der Waals surface area contributed by atoms with E-state index in [0.717, 1.165) is 6.20 Å². The summed E-state index contributed by atoms with van der Waals surface area (Å²) in [4.78, 5) is 27.1. The SMILES string of the molecule is COC(=O)c1cncn(Cc2cccc(F)c2)c1=O. The lowest BCUT2D eigenvalue weighted by molar-refractivity contribution is 0.0597. The van der Waals surface area contributed by atoms with Crippen molar-refractivity contribution in [3.05, 3.63) is 64.1 Å². The number of aromatic nitrogens is 2. The van der Waals surface area contributed by atoms with Crippen LogP contribution in [0.4, 0.5) is 4.39 Å². The minimum atomic E-state index is -0.744. The van der Waals surface area contributed by atoms with Crippen LogP contribution in [0, 0.1) is 5.82 Å². The summed E-state index contributed by atoms with van der Waals surface area (Å²) in [5.74, 6) is -1.13. The molecule has 6 heteroatoms. The lowest BCUT2D eigenvalue weighted by Crippen LogP contribution is -2.27. The average molecular weight is 262 g/mol. The predicted octanol–water partition coefficient (Wildman–Crippen LogP) is 1.22. The van der Waals surface area contributed by atoms with Gasteiger partial charge in [0.25, 0.3) is 5.56 Å². The highest BCUT2D eigenvalue weighted by Gasteiger charge is 2.13. The van der Waals surface area contributed by atoms with Gasteiger partial charge < -0.3 is 4.74 Å². The van der Waals surface area contributed by atoms with Crippen LogP contribution < -0.4 is 5.56 Å². The number of benzene rings is 1. The van der Waals surface area contributed by atoms with Gasteiger partial charge in [0.1, 0.15) is 11.4 Å². The summed E-state index contributed by atoms with van der Waals surface area (Å²) in [5, 5.41) is 0. The number of carbonyl (C=O) groups is 1. The number of halogens is 1. The first kappa shape index (κ1) is 12.9. The minimum Gasteiger partial charge on any atom is -0.465 e. The van der Waals surface area contributed by atoms with Crippen LogP contribution in [0.1, 0.15) is 15.9 Å². The van der Waals surface area contributed by atoms with Crippen molar-refractivity contribution in [3.8, 4) is 0 Å². The van der Waals surface area contributed by atoms with Gasteiger partial charge in [-0.3, -0.25) is 9.36 Å². The van der Waals surface area contributed by atoms with Gasteiger partial charge in [0, 0.05) is 6.20 Å². The van der Waals surface area contributed by atoms with Gasteiger partial charge in [-0.25, -0.2) is 14.2 Å². The maximum absolute atomic E-state index is 13.1. The van der Waals surface area contributed by atoms with Gasteiger partial charge in [0.15, 0.2) is 0 Å². The summed E-state index contributed by atoms with van der Waals surface area (Å²) < 4.78 is 18.8. The summed E-state index contributed by atoms with van der Waals surface area (Å²) in [5.41, 5.74) is -0.0709. The summed E-state index contributed by atoms with van der Waals surface area (Å²) in [7, 11) is 1.19. The molecule has 98 valence electrons. The topological polar surface area (TPSA) is 61.2 Å². The molecule has 1 aromatic carbocycles. The lowest BCUT2D eigenvalue weighted by Gasteiger charge is -2.06. The Morgan fingerprint density at radius 3 is 2.95 bits per heavy atom. The molecule has 1 aromatic heterocycles. The van der Waals surface area contributed by atoms with Gasteiger partial charge in [-0.05, 0) is 17.7 Å². The van der Waals surface area contributed by atoms with Crippen molar-refractivity contribution in [2.75, 3.05) is 7.11 Å². The number of rotatable bonds is 3. The molecular weight excluding hydrogens is 251 g/mol. The minimum absolute atomic E-state index is 0.133. The number of hydrogen-bond donors (Lipinski definition) is 0. The number of hydrogen-bond acceptors (Lipinski definition) is 4. The standard InChI is InChI=1S/C13H11FN2O3/c1-19-13(18)11-6-15-8-16(12(11)17)7-9-3-2-4-10(14)5-9/h2-6,8H,7H2,1H3. The summed E-state index contributed by atoms with van der Waals surface area (Å²) in [6.45, 7) is 0.133. The normalized spacial score (nSPS) is 10.2. The fourth-order valence-corrected chi connectivity index (χ4v) is 1.65. The van der Waals surface area contributed by atoms with Gasteiger partial charge >= 0.3 is 5.97 Å². The molecule has 0 bridgehead atoms. The van der Waals surface area contributed by atoms with E-state index in [1.54, 1.807) is 12.1 Å². The molecule has 2 aromatic rings. The summed E-state index contributed by atoms with van der Waals surface area (Å²) >= 11 is 0.